The zero-order chi connectivity index (χ0) is 19.8. The molecular weight excluding hydrogens is 485 g/mol. The molecule has 0 unspecified atom stereocenters. The first-order valence-corrected chi connectivity index (χ1v) is 10.2. The summed E-state index contributed by atoms with van der Waals surface area (Å²) in [6, 6.07) is 4.07. The van der Waals surface area contributed by atoms with Crippen LogP contribution in [0.1, 0.15) is 51.0 Å². The van der Waals surface area contributed by atoms with Gasteiger partial charge in [0, 0.05) is 30.9 Å². The largest absolute Gasteiger partial charge is 0.474 e. The third-order valence-corrected chi connectivity index (χ3v) is 5.22. The summed E-state index contributed by atoms with van der Waals surface area (Å²) in [7, 11) is 0. The second-order valence-electron chi connectivity index (χ2n) is 7.30. The highest BCUT2D eigenvalue weighted by Gasteiger charge is 2.24. The zero-order valence-corrected chi connectivity index (χ0v) is 19.3. The number of likely N-dealkylation sites (tertiary alicyclic amines) is 1. The molecule has 1 aliphatic carbocycles. The van der Waals surface area contributed by atoms with Gasteiger partial charge >= 0.3 is 6.09 Å². The predicted octanol–water partition coefficient (Wildman–Crippen LogP) is 3.05. The minimum absolute atomic E-state index is 0. The van der Waals surface area contributed by atoms with Crippen LogP contribution in [0.15, 0.2) is 23.3 Å². The van der Waals surface area contributed by atoms with Gasteiger partial charge in [-0.15, -0.1) is 24.0 Å². The molecule has 1 saturated heterocycles. The van der Waals surface area contributed by atoms with Crippen LogP contribution in [0.2, 0.25) is 0 Å². The van der Waals surface area contributed by atoms with Crippen molar-refractivity contribution < 1.29 is 14.3 Å². The number of rotatable bonds is 6. The number of nitrogens with one attached hydrogen (secondary N) is 1. The Labute approximate surface area is 189 Å². The van der Waals surface area contributed by atoms with Crippen LogP contribution in [0.4, 0.5) is 4.79 Å². The number of halogens is 1. The van der Waals surface area contributed by atoms with Crippen molar-refractivity contribution in [1.82, 2.24) is 15.2 Å². The number of pyridine rings is 1. The number of hydrogen-bond donors (Lipinski definition) is 2. The molecule has 29 heavy (non-hydrogen) atoms. The minimum atomic E-state index is -0.242. The second kappa shape index (κ2) is 12.0. The highest BCUT2D eigenvalue weighted by atomic mass is 127. The van der Waals surface area contributed by atoms with Gasteiger partial charge in [-0.2, -0.15) is 0 Å². The van der Waals surface area contributed by atoms with Crippen LogP contribution in [0.3, 0.4) is 0 Å². The molecule has 0 radical (unpaired) electrons. The first-order valence-electron chi connectivity index (χ1n) is 10.2. The molecule has 0 spiro atoms. The Kier molecular flexibility index (Phi) is 9.75. The van der Waals surface area contributed by atoms with Crippen LogP contribution < -0.4 is 15.8 Å². The van der Waals surface area contributed by atoms with Crippen molar-refractivity contribution in [2.45, 2.75) is 64.1 Å². The summed E-state index contributed by atoms with van der Waals surface area (Å²) in [6.45, 7) is 3.96. The van der Waals surface area contributed by atoms with Gasteiger partial charge < -0.3 is 25.4 Å². The molecule has 1 aromatic heterocycles. The lowest BCUT2D eigenvalue weighted by molar-refractivity contribution is 0.0963. The molecule has 3 N–H and O–H groups in total. The maximum Gasteiger partial charge on any atom is 0.409 e. The third-order valence-electron chi connectivity index (χ3n) is 5.22. The summed E-state index contributed by atoms with van der Waals surface area (Å²) in [5.41, 5.74) is 7.02. The van der Waals surface area contributed by atoms with E-state index in [2.05, 4.69) is 15.3 Å². The maximum atomic E-state index is 11.8. The van der Waals surface area contributed by atoms with Crippen LogP contribution in [-0.2, 0) is 11.3 Å². The van der Waals surface area contributed by atoms with Crippen molar-refractivity contribution in [3.05, 3.63) is 23.9 Å². The quantitative estimate of drug-likeness (QED) is 0.342. The van der Waals surface area contributed by atoms with Crippen LogP contribution in [0.5, 0.6) is 5.88 Å². The predicted molar refractivity (Wildman–Crippen MR) is 123 cm³/mol. The van der Waals surface area contributed by atoms with E-state index >= 15 is 0 Å². The van der Waals surface area contributed by atoms with Gasteiger partial charge in [-0.1, -0.05) is 6.07 Å². The number of aromatic nitrogens is 1. The molecule has 2 aliphatic rings. The van der Waals surface area contributed by atoms with E-state index in [0.29, 0.717) is 38.1 Å². The van der Waals surface area contributed by atoms with Crippen LogP contribution in [-0.4, -0.2) is 53.8 Å². The molecule has 0 bridgehead atoms. The highest BCUT2D eigenvalue weighted by molar-refractivity contribution is 14.0. The van der Waals surface area contributed by atoms with Crippen molar-refractivity contribution in [3.63, 3.8) is 0 Å². The van der Waals surface area contributed by atoms with E-state index in [-0.39, 0.29) is 42.2 Å². The normalized spacial score (nSPS) is 18.2. The number of piperidine rings is 1. The molecule has 1 amide bonds. The van der Waals surface area contributed by atoms with E-state index in [1.807, 2.05) is 19.1 Å². The number of amides is 1. The first-order chi connectivity index (χ1) is 13.7. The number of guanidine groups is 1. The maximum absolute atomic E-state index is 11.8. The van der Waals surface area contributed by atoms with Gasteiger partial charge in [0.1, 0.15) is 6.10 Å². The Bertz CT molecular complexity index is 674. The fraction of sp³-hybridized carbons (Fsp3) is 0.650. The lowest BCUT2D eigenvalue weighted by Gasteiger charge is -2.31. The molecule has 8 nitrogen and oxygen atoms in total. The topological polar surface area (TPSA) is 102 Å². The average molecular weight is 517 g/mol. The Balaban J connectivity index is 0.00000300. The second-order valence-corrected chi connectivity index (χ2v) is 7.30. The van der Waals surface area contributed by atoms with Crippen molar-refractivity contribution in [2.75, 3.05) is 19.7 Å². The Morgan fingerprint density at radius 1 is 1.31 bits per heavy atom. The molecule has 9 heteroatoms. The number of carbonyl (C=O) groups excluding carboxylic acids is 1. The van der Waals surface area contributed by atoms with Crippen LogP contribution in [0, 0.1) is 0 Å². The Morgan fingerprint density at radius 2 is 2.03 bits per heavy atom. The first kappa shape index (κ1) is 23.5. The lowest BCUT2D eigenvalue weighted by Crippen LogP contribution is -2.48. The van der Waals surface area contributed by atoms with Crippen molar-refractivity contribution >= 4 is 36.0 Å². The number of ether oxygens (including phenoxy) is 2. The monoisotopic (exact) mass is 517 g/mol. The Hall–Kier alpha value is -1.78. The van der Waals surface area contributed by atoms with E-state index in [1.165, 1.54) is 12.8 Å². The van der Waals surface area contributed by atoms with Gasteiger partial charge in [-0.25, -0.2) is 14.8 Å². The minimum Gasteiger partial charge on any atom is -0.474 e. The number of aliphatic imine (C=N–C) groups is 1. The van der Waals surface area contributed by atoms with Gasteiger partial charge in [0.25, 0.3) is 0 Å². The molecule has 3 rings (SSSR count). The summed E-state index contributed by atoms with van der Waals surface area (Å²) >= 11 is 0. The standard InChI is InChI=1S/C20H31N5O3.HI/c1-2-27-20(26)25-12-9-16(10-13-25)24-19(21)23-14-15-6-5-11-22-18(15)28-17-7-3-4-8-17;/h5-6,11,16-17H,2-4,7-10,12-14H2,1H3,(H3,21,23,24);1H. The highest BCUT2D eigenvalue weighted by Crippen LogP contribution is 2.25. The van der Waals surface area contributed by atoms with Gasteiger partial charge in [0.2, 0.25) is 5.88 Å². The molecule has 2 heterocycles. The molecule has 162 valence electrons. The molecule has 0 atom stereocenters. The molecule has 1 saturated carbocycles. The molecule has 1 aliphatic heterocycles. The van der Waals surface area contributed by atoms with E-state index < -0.39 is 0 Å². The smallest absolute Gasteiger partial charge is 0.409 e. The SMILES string of the molecule is CCOC(=O)N1CCC(NC(N)=NCc2cccnc2OC2CCCC2)CC1.I. The van der Waals surface area contributed by atoms with Gasteiger partial charge in [0.15, 0.2) is 5.96 Å². The summed E-state index contributed by atoms with van der Waals surface area (Å²) in [5.74, 6) is 1.07. The average Bonchev–Trinajstić information content (AvgIpc) is 3.21. The summed E-state index contributed by atoms with van der Waals surface area (Å²) in [5, 5.41) is 3.26. The van der Waals surface area contributed by atoms with Gasteiger partial charge in [-0.3, -0.25) is 0 Å². The number of nitrogens with two attached hydrogens (primary N) is 1. The molecule has 0 aromatic carbocycles. The molecular formula is C20H32IN5O3. The van der Waals surface area contributed by atoms with Crippen LogP contribution >= 0.6 is 24.0 Å². The van der Waals surface area contributed by atoms with E-state index in [4.69, 9.17) is 15.2 Å². The summed E-state index contributed by atoms with van der Waals surface area (Å²) in [4.78, 5) is 22.3. The summed E-state index contributed by atoms with van der Waals surface area (Å²) in [6.07, 6.45) is 8.02. The third kappa shape index (κ3) is 7.20. The number of hydrogen-bond acceptors (Lipinski definition) is 5. The van der Waals surface area contributed by atoms with Gasteiger partial charge in [0.05, 0.1) is 13.2 Å². The fourth-order valence-electron chi connectivity index (χ4n) is 3.66. The van der Waals surface area contributed by atoms with Crippen LogP contribution in [0.25, 0.3) is 0 Å². The number of carbonyl (C=O) groups is 1. The summed E-state index contributed by atoms with van der Waals surface area (Å²) < 4.78 is 11.1. The van der Waals surface area contributed by atoms with E-state index in [1.54, 1.807) is 11.1 Å². The van der Waals surface area contributed by atoms with E-state index in [9.17, 15) is 4.79 Å². The van der Waals surface area contributed by atoms with E-state index in [0.717, 1.165) is 31.2 Å². The zero-order valence-electron chi connectivity index (χ0n) is 17.0. The molecule has 1 aromatic rings. The number of nitrogens with zero attached hydrogens (tertiary/aromatic N) is 3. The lowest BCUT2D eigenvalue weighted by atomic mass is 10.1. The van der Waals surface area contributed by atoms with Crippen molar-refractivity contribution in [2.24, 2.45) is 10.7 Å². The fourth-order valence-corrected chi connectivity index (χ4v) is 3.66. The molecule has 2 fully saturated rings. The van der Waals surface area contributed by atoms with Crippen molar-refractivity contribution in [3.8, 4) is 5.88 Å². The van der Waals surface area contributed by atoms with Crippen molar-refractivity contribution in [1.29, 1.82) is 0 Å². The Morgan fingerprint density at radius 3 is 2.72 bits per heavy atom. The van der Waals surface area contributed by atoms with Gasteiger partial charge in [-0.05, 0) is 51.5 Å².